The third-order valence-electron chi connectivity index (χ3n) is 5.97. The first-order chi connectivity index (χ1) is 10.7. The van der Waals surface area contributed by atoms with E-state index in [-0.39, 0.29) is 11.3 Å². The van der Waals surface area contributed by atoms with Crippen molar-refractivity contribution >= 4 is 17.2 Å². The highest BCUT2D eigenvalue weighted by Crippen LogP contribution is 2.51. The summed E-state index contributed by atoms with van der Waals surface area (Å²) in [6.07, 6.45) is 7.70. The summed E-state index contributed by atoms with van der Waals surface area (Å²) in [5, 5.41) is 3.14. The van der Waals surface area contributed by atoms with Crippen molar-refractivity contribution in [2.75, 3.05) is 18.4 Å². The van der Waals surface area contributed by atoms with Gasteiger partial charge in [0.1, 0.15) is 0 Å². The molecule has 1 aromatic rings. The molecule has 1 amide bonds. The summed E-state index contributed by atoms with van der Waals surface area (Å²) in [5.74, 6) is 0.165. The van der Waals surface area contributed by atoms with Crippen molar-refractivity contribution in [3.63, 3.8) is 0 Å². The quantitative estimate of drug-likeness (QED) is 0.857. The minimum atomic E-state index is 0.165. The van der Waals surface area contributed by atoms with Gasteiger partial charge in [0.05, 0.1) is 0 Å². The van der Waals surface area contributed by atoms with E-state index in [1.807, 2.05) is 12.1 Å². The first kappa shape index (κ1) is 14.0. The van der Waals surface area contributed by atoms with Crippen LogP contribution in [-0.4, -0.2) is 29.9 Å². The minimum absolute atomic E-state index is 0.165. The standard InChI is InChI=1S/C19H24N2O/c1-2-19-10-5-12-21-13-9-15(18(19)21)14-6-3-4-7-16(14)20-17(22)8-11-19/h3-4,6-7,9,18H,2,5,8,10-13H2,1H3,(H,20,22)/t18?,19-/m1/s1. The monoisotopic (exact) mass is 296 g/mol. The van der Waals surface area contributed by atoms with Gasteiger partial charge in [0.25, 0.3) is 0 Å². The van der Waals surface area contributed by atoms with Gasteiger partial charge in [-0.05, 0) is 49.3 Å². The third-order valence-corrected chi connectivity index (χ3v) is 5.97. The minimum Gasteiger partial charge on any atom is -0.326 e. The van der Waals surface area contributed by atoms with Crippen molar-refractivity contribution in [1.82, 2.24) is 4.90 Å². The van der Waals surface area contributed by atoms with E-state index in [9.17, 15) is 4.79 Å². The van der Waals surface area contributed by atoms with Gasteiger partial charge in [-0.15, -0.1) is 0 Å². The first-order valence-electron chi connectivity index (χ1n) is 8.57. The number of amides is 1. The maximum absolute atomic E-state index is 12.3. The number of benzene rings is 1. The largest absolute Gasteiger partial charge is 0.326 e. The fourth-order valence-corrected chi connectivity index (χ4v) is 4.82. The molecule has 0 saturated carbocycles. The van der Waals surface area contributed by atoms with E-state index in [1.54, 1.807) is 0 Å². The highest BCUT2D eigenvalue weighted by molar-refractivity contribution is 5.95. The maximum Gasteiger partial charge on any atom is 0.224 e. The van der Waals surface area contributed by atoms with E-state index in [4.69, 9.17) is 0 Å². The number of nitrogens with zero attached hydrogens (tertiary/aromatic N) is 1. The van der Waals surface area contributed by atoms with Crippen molar-refractivity contribution < 1.29 is 4.79 Å². The topological polar surface area (TPSA) is 32.3 Å². The van der Waals surface area contributed by atoms with Crippen LogP contribution >= 0.6 is 0 Å². The lowest BCUT2D eigenvalue weighted by molar-refractivity contribution is -0.117. The van der Waals surface area contributed by atoms with Crippen molar-refractivity contribution in [2.45, 2.75) is 45.1 Å². The van der Waals surface area contributed by atoms with Crippen LogP contribution in [0.25, 0.3) is 5.57 Å². The number of nitrogens with one attached hydrogen (secondary N) is 1. The number of rotatable bonds is 1. The van der Waals surface area contributed by atoms with E-state index in [0.717, 1.165) is 25.1 Å². The number of hydrogen-bond acceptors (Lipinski definition) is 2. The molecule has 3 aliphatic heterocycles. The Hall–Kier alpha value is -1.61. The summed E-state index contributed by atoms with van der Waals surface area (Å²) >= 11 is 0. The number of hydrogen-bond donors (Lipinski definition) is 1. The Morgan fingerprint density at radius 1 is 1.32 bits per heavy atom. The molecule has 2 atom stereocenters. The zero-order chi connectivity index (χ0) is 15.2. The van der Waals surface area contributed by atoms with E-state index in [2.05, 4.69) is 35.3 Å². The Labute approximate surface area is 132 Å². The van der Waals surface area contributed by atoms with E-state index in [1.165, 1.54) is 30.5 Å². The summed E-state index contributed by atoms with van der Waals surface area (Å²) in [5.41, 5.74) is 3.91. The molecule has 3 aliphatic rings. The fraction of sp³-hybridized carbons (Fsp3) is 0.526. The van der Waals surface area contributed by atoms with Crippen LogP contribution in [0.4, 0.5) is 5.69 Å². The van der Waals surface area contributed by atoms with Gasteiger partial charge in [-0.1, -0.05) is 31.2 Å². The number of carbonyl (C=O) groups excluding carboxylic acids is 1. The molecule has 22 heavy (non-hydrogen) atoms. The Bertz CT molecular complexity index is 636. The van der Waals surface area contributed by atoms with Crippen LogP contribution in [-0.2, 0) is 4.79 Å². The normalized spacial score (nSPS) is 31.2. The van der Waals surface area contributed by atoms with Crippen LogP contribution in [0, 0.1) is 5.41 Å². The van der Waals surface area contributed by atoms with E-state index >= 15 is 0 Å². The second kappa shape index (κ2) is 5.24. The molecule has 1 unspecified atom stereocenters. The molecule has 0 aromatic heterocycles. The average Bonchev–Trinajstić information content (AvgIpc) is 2.99. The molecule has 0 radical (unpaired) electrons. The summed E-state index contributed by atoms with van der Waals surface area (Å²) in [4.78, 5) is 15.0. The zero-order valence-corrected chi connectivity index (χ0v) is 13.3. The SMILES string of the molecule is CC[C@@]12CCCN3CC=C(c4ccccc4NC(=O)CC1)C32. The molecule has 1 saturated heterocycles. The molecular formula is C19H24N2O. The Kier molecular flexibility index (Phi) is 3.33. The van der Waals surface area contributed by atoms with Gasteiger partial charge >= 0.3 is 0 Å². The van der Waals surface area contributed by atoms with E-state index < -0.39 is 0 Å². The highest BCUT2D eigenvalue weighted by Gasteiger charge is 2.47. The molecule has 3 heterocycles. The summed E-state index contributed by atoms with van der Waals surface area (Å²) in [7, 11) is 0. The molecule has 3 heteroatoms. The molecule has 1 fully saturated rings. The van der Waals surface area contributed by atoms with E-state index in [0.29, 0.717) is 12.5 Å². The number of carbonyl (C=O) groups is 1. The molecule has 1 N–H and O–H groups in total. The Morgan fingerprint density at radius 2 is 2.18 bits per heavy atom. The summed E-state index contributed by atoms with van der Waals surface area (Å²) in [6, 6.07) is 8.80. The summed E-state index contributed by atoms with van der Waals surface area (Å²) < 4.78 is 0. The van der Waals surface area contributed by atoms with Crippen LogP contribution in [0.3, 0.4) is 0 Å². The number of piperidine rings is 1. The smallest absolute Gasteiger partial charge is 0.224 e. The number of fused-ring (bicyclic) bond motifs is 2. The predicted octanol–water partition coefficient (Wildman–Crippen LogP) is 3.68. The molecule has 116 valence electrons. The van der Waals surface area contributed by atoms with Gasteiger partial charge in [0.2, 0.25) is 5.91 Å². The lowest BCUT2D eigenvalue weighted by atomic mass is 9.66. The molecule has 0 spiro atoms. The average molecular weight is 296 g/mol. The lowest BCUT2D eigenvalue weighted by Gasteiger charge is -2.48. The fourth-order valence-electron chi connectivity index (χ4n) is 4.82. The van der Waals surface area contributed by atoms with Crippen molar-refractivity contribution in [3.8, 4) is 0 Å². The van der Waals surface area contributed by atoms with Gasteiger partial charge in [-0.25, -0.2) is 0 Å². The number of anilines is 1. The molecule has 0 bridgehead atoms. The molecule has 4 rings (SSSR count). The Morgan fingerprint density at radius 3 is 3.05 bits per heavy atom. The van der Waals surface area contributed by atoms with Gasteiger partial charge in [0.15, 0.2) is 0 Å². The van der Waals surface area contributed by atoms with Gasteiger partial charge in [-0.2, -0.15) is 0 Å². The Balaban J connectivity index is 1.87. The molecular weight excluding hydrogens is 272 g/mol. The highest BCUT2D eigenvalue weighted by atomic mass is 16.1. The van der Waals surface area contributed by atoms with Crippen LogP contribution < -0.4 is 5.32 Å². The second-order valence-corrected chi connectivity index (χ2v) is 6.97. The molecule has 0 aliphatic carbocycles. The van der Waals surface area contributed by atoms with Crippen LogP contribution in [0.15, 0.2) is 30.3 Å². The third kappa shape index (κ3) is 2.03. The van der Waals surface area contributed by atoms with Crippen molar-refractivity contribution in [1.29, 1.82) is 0 Å². The number of para-hydroxylation sites is 1. The predicted molar refractivity (Wildman–Crippen MR) is 89.6 cm³/mol. The lowest BCUT2D eigenvalue weighted by Crippen LogP contribution is -2.50. The van der Waals surface area contributed by atoms with Crippen LogP contribution in [0.2, 0.25) is 0 Å². The van der Waals surface area contributed by atoms with Crippen molar-refractivity contribution in [3.05, 3.63) is 35.9 Å². The van der Waals surface area contributed by atoms with Crippen LogP contribution in [0.1, 0.15) is 44.6 Å². The van der Waals surface area contributed by atoms with Crippen LogP contribution in [0.5, 0.6) is 0 Å². The van der Waals surface area contributed by atoms with Gasteiger partial charge in [0, 0.05) is 30.3 Å². The van der Waals surface area contributed by atoms with Gasteiger partial charge < -0.3 is 5.32 Å². The molecule has 1 aromatic carbocycles. The zero-order valence-electron chi connectivity index (χ0n) is 13.3. The summed E-state index contributed by atoms with van der Waals surface area (Å²) in [6.45, 7) is 4.56. The first-order valence-corrected chi connectivity index (χ1v) is 8.57. The maximum atomic E-state index is 12.3. The van der Waals surface area contributed by atoms with Gasteiger partial charge in [-0.3, -0.25) is 9.69 Å². The van der Waals surface area contributed by atoms with Crippen molar-refractivity contribution in [2.24, 2.45) is 5.41 Å². The second-order valence-electron chi connectivity index (χ2n) is 6.97. The molecule has 3 nitrogen and oxygen atoms in total.